The Labute approximate surface area is 148 Å². The van der Waals surface area contributed by atoms with Gasteiger partial charge in [0, 0.05) is 18.9 Å². The maximum atomic E-state index is 12.2. The van der Waals surface area contributed by atoms with Gasteiger partial charge in [-0.05, 0) is 23.6 Å². The molecule has 0 aliphatic rings. The quantitative estimate of drug-likeness (QED) is 0.696. The van der Waals surface area contributed by atoms with Crippen molar-refractivity contribution in [3.63, 3.8) is 0 Å². The van der Waals surface area contributed by atoms with Crippen LogP contribution in [-0.2, 0) is 11.2 Å². The lowest BCUT2D eigenvalue weighted by Gasteiger charge is -2.11. The Bertz CT molecular complexity index is 845. The van der Waals surface area contributed by atoms with Crippen LogP contribution in [0.5, 0.6) is 11.5 Å². The number of amides is 1. The number of rotatable bonds is 7. The normalized spacial score (nSPS) is 10.5. The zero-order valence-corrected chi connectivity index (χ0v) is 14.6. The molecule has 0 unspecified atom stereocenters. The maximum Gasteiger partial charge on any atom is 0.227 e. The van der Waals surface area contributed by atoms with Crippen molar-refractivity contribution in [2.24, 2.45) is 0 Å². The summed E-state index contributed by atoms with van der Waals surface area (Å²) in [4.78, 5) is 17.4. The molecule has 1 N–H and O–H groups in total. The van der Waals surface area contributed by atoms with Gasteiger partial charge in [0.1, 0.15) is 11.5 Å². The largest absolute Gasteiger partial charge is 0.497 e. The summed E-state index contributed by atoms with van der Waals surface area (Å²) in [6.45, 7) is 0. The highest BCUT2D eigenvalue weighted by atomic mass is 32.1. The van der Waals surface area contributed by atoms with Crippen LogP contribution in [0.2, 0.25) is 0 Å². The number of benzene rings is 1. The molecule has 2 aromatic heterocycles. The van der Waals surface area contributed by atoms with Gasteiger partial charge in [0.25, 0.3) is 0 Å². The Morgan fingerprint density at radius 1 is 1.28 bits per heavy atom. The van der Waals surface area contributed by atoms with E-state index < -0.39 is 0 Å². The van der Waals surface area contributed by atoms with Gasteiger partial charge in [-0.2, -0.15) is 4.98 Å². The molecule has 8 heteroatoms. The Morgan fingerprint density at radius 3 is 2.88 bits per heavy atom. The van der Waals surface area contributed by atoms with Crippen LogP contribution in [0.25, 0.3) is 10.7 Å². The van der Waals surface area contributed by atoms with Crippen LogP contribution >= 0.6 is 11.3 Å². The Kier molecular flexibility index (Phi) is 5.30. The fraction of sp³-hybridized carbons (Fsp3) is 0.235. The minimum Gasteiger partial charge on any atom is -0.497 e. The Balaban J connectivity index is 1.58. The van der Waals surface area contributed by atoms with Gasteiger partial charge in [-0.25, -0.2) is 0 Å². The molecule has 3 rings (SSSR count). The molecule has 3 aromatic rings. The number of aromatic nitrogens is 2. The Morgan fingerprint density at radius 2 is 2.16 bits per heavy atom. The molecule has 1 aromatic carbocycles. The van der Waals surface area contributed by atoms with Crippen molar-refractivity contribution >= 4 is 22.9 Å². The van der Waals surface area contributed by atoms with Gasteiger partial charge in [-0.3, -0.25) is 4.79 Å². The molecule has 7 nitrogen and oxygen atoms in total. The molecule has 0 spiro atoms. The minimum atomic E-state index is -0.167. The molecule has 0 aliphatic carbocycles. The summed E-state index contributed by atoms with van der Waals surface area (Å²) in [5, 5.41) is 8.68. The number of ether oxygens (including phenoxy) is 2. The summed E-state index contributed by atoms with van der Waals surface area (Å²) in [7, 11) is 3.11. The summed E-state index contributed by atoms with van der Waals surface area (Å²) in [6, 6.07) is 9.04. The van der Waals surface area contributed by atoms with Crippen molar-refractivity contribution < 1.29 is 18.8 Å². The number of carbonyl (C=O) groups is 1. The first-order chi connectivity index (χ1) is 12.2. The lowest BCUT2D eigenvalue weighted by atomic mass is 10.2. The first kappa shape index (κ1) is 17.0. The highest BCUT2D eigenvalue weighted by Crippen LogP contribution is 2.29. The molecule has 0 fully saturated rings. The van der Waals surface area contributed by atoms with Gasteiger partial charge in [0.2, 0.25) is 17.6 Å². The zero-order valence-electron chi connectivity index (χ0n) is 13.8. The molecular weight excluding hydrogens is 342 g/mol. The number of hydrogen-bond donors (Lipinski definition) is 1. The van der Waals surface area contributed by atoms with Crippen LogP contribution in [0.1, 0.15) is 12.3 Å². The lowest BCUT2D eigenvalue weighted by Crippen LogP contribution is -2.13. The van der Waals surface area contributed by atoms with Crippen molar-refractivity contribution in [2.45, 2.75) is 12.8 Å². The van der Waals surface area contributed by atoms with Crippen LogP contribution in [0.4, 0.5) is 5.69 Å². The number of hydrogen-bond acceptors (Lipinski definition) is 7. The van der Waals surface area contributed by atoms with E-state index in [0.29, 0.717) is 35.3 Å². The smallest absolute Gasteiger partial charge is 0.227 e. The van der Waals surface area contributed by atoms with Gasteiger partial charge >= 0.3 is 0 Å². The summed E-state index contributed by atoms with van der Waals surface area (Å²) in [5.41, 5.74) is 0.582. The van der Waals surface area contributed by atoms with Crippen molar-refractivity contribution in [2.75, 3.05) is 19.5 Å². The van der Waals surface area contributed by atoms with Crippen LogP contribution in [-0.4, -0.2) is 30.3 Å². The van der Waals surface area contributed by atoms with E-state index in [9.17, 15) is 4.79 Å². The summed E-state index contributed by atoms with van der Waals surface area (Å²) in [5.74, 6) is 1.99. The summed E-state index contributed by atoms with van der Waals surface area (Å²) >= 11 is 1.53. The monoisotopic (exact) mass is 359 g/mol. The van der Waals surface area contributed by atoms with Crippen molar-refractivity contribution in [3.8, 4) is 22.2 Å². The van der Waals surface area contributed by atoms with Crippen molar-refractivity contribution in [3.05, 3.63) is 41.6 Å². The highest BCUT2D eigenvalue weighted by molar-refractivity contribution is 7.13. The number of thiophene rings is 1. The summed E-state index contributed by atoms with van der Waals surface area (Å²) in [6.07, 6.45) is 0.587. The number of aryl methyl sites for hydroxylation is 1. The number of methoxy groups -OCH3 is 2. The van der Waals surface area contributed by atoms with E-state index in [-0.39, 0.29) is 12.3 Å². The van der Waals surface area contributed by atoms with Crippen LogP contribution in [0.15, 0.2) is 40.2 Å². The van der Waals surface area contributed by atoms with E-state index in [1.165, 1.54) is 18.4 Å². The molecule has 2 heterocycles. The summed E-state index contributed by atoms with van der Waals surface area (Å²) < 4.78 is 15.6. The van der Waals surface area contributed by atoms with Crippen molar-refractivity contribution in [1.82, 2.24) is 10.1 Å². The predicted octanol–water partition coefficient (Wildman–Crippen LogP) is 3.39. The third-order valence-corrected chi connectivity index (χ3v) is 4.32. The van der Waals surface area contributed by atoms with Gasteiger partial charge in [0.15, 0.2) is 0 Å². The third-order valence-electron chi connectivity index (χ3n) is 3.46. The zero-order chi connectivity index (χ0) is 17.6. The second-order valence-corrected chi connectivity index (χ2v) is 6.05. The van der Waals surface area contributed by atoms with Gasteiger partial charge in [0.05, 0.1) is 24.8 Å². The second kappa shape index (κ2) is 7.80. The number of carbonyl (C=O) groups excluding carboxylic acids is 1. The van der Waals surface area contributed by atoms with E-state index in [1.807, 2.05) is 17.5 Å². The molecule has 0 aliphatic heterocycles. The van der Waals surface area contributed by atoms with E-state index in [4.69, 9.17) is 14.0 Å². The molecule has 1 amide bonds. The maximum absolute atomic E-state index is 12.2. The van der Waals surface area contributed by atoms with E-state index in [0.717, 1.165) is 4.88 Å². The molecule has 0 bridgehead atoms. The standard InChI is InChI=1S/C17H17N3O4S/c1-22-11-5-6-12(13(10-11)23-2)18-15(21)7-8-16-19-17(20-24-16)14-4-3-9-25-14/h3-6,9-10H,7-8H2,1-2H3,(H,18,21). The Hall–Kier alpha value is -2.87. The number of nitrogens with zero attached hydrogens (tertiary/aromatic N) is 2. The number of anilines is 1. The van der Waals surface area contributed by atoms with Crippen molar-refractivity contribution in [1.29, 1.82) is 0 Å². The molecule has 25 heavy (non-hydrogen) atoms. The van der Waals surface area contributed by atoms with E-state index in [1.54, 1.807) is 25.3 Å². The second-order valence-electron chi connectivity index (χ2n) is 5.10. The molecule has 0 saturated heterocycles. The molecule has 0 radical (unpaired) electrons. The predicted molar refractivity (Wildman–Crippen MR) is 94.1 cm³/mol. The SMILES string of the molecule is COc1ccc(NC(=O)CCc2nc(-c3cccs3)no2)c(OC)c1. The average molecular weight is 359 g/mol. The minimum absolute atomic E-state index is 0.167. The topological polar surface area (TPSA) is 86.5 Å². The average Bonchev–Trinajstić information content (AvgIpc) is 3.31. The fourth-order valence-electron chi connectivity index (χ4n) is 2.20. The molecular formula is C17H17N3O4S. The molecule has 0 atom stereocenters. The van der Waals surface area contributed by atoms with Gasteiger partial charge in [-0.15, -0.1) is 11.3 Å². The molecule has 0 saturated carbocycles. The number of nitrogens with one attached hydrogen (secondary N) is 1. The van der Waals surface area contributed by atoms with Crippen LogP contribution in [0, 0.1) is 0 Å². The van der Waals surface area contributed by atoms with E-state index >= 15 is 0 Å². The lowest BCUT2D eigenvalue weighted by molar-refractivity contribution is -0.116. The fourth-order valence-corrected chi connectivity index (χ4v) is 2.85. The highest BCUT2D eigenvalue weighted by Gasteiger charge is 2.13. The first-order valence-electron chi connectivity index (χ1n) is 7.58. The van der Waals surface area contributed by atoms with E-state index in [2.05, 4.69) is 15.5 Å². The van der Waals surface area contributed by atoms with Gasteiger partial charge in [-0.1, -0.05) is 11.2 Å². The van der Waals surface area contributed by atoms with Crippen LogP contribution < -0.4 is 14.8 Å². The first-order valence-corrected chi connectivity index (χ1v) is 8.46. The van der Waals surface area contributed by atoms with Crippen LogP contribution in [0.3, 0.4) is 0 Å². The third kappa shape index (κ3) is 4.16. The molecule has 130 valence electrons. The van der Waals surface area contributed by atoms with Gasteiger partial charge < -0.3 is 19.3 Å².